The van der Waals surface area contributed by atoms with Gasteiger partial charge in [-0.25, -0.2) is 0 Å². The number of carbonyl (C=O) groups is 2. The fourth-order valence-electron chi connectivity index (χ4n) is 4.04. The lowest BCUT2D eigenvalue weighted by atomic mass is 9.92. The molecule has 0 bridgehead atoms. The maximum atomic E-state index is 12.8. The van der Waals surface area contributed by atoms with E-state index in [1.54, 1.807) is 0 Å². The van der Waals surface area contributed by atoms with Gasteiger partial charge < -0.3 is 9.80 Å². The predicted octanol–water partition coefficient (Wildman–Crippen LogP) is 2.25. The van der Waals surface area contributed by atoms with Gasteiger partial charge in [-0.05, 0) is 37.7 Å². The maximum absolute atomic E-state index is 12.8. The van der Waals surface area contributed by atoms with Crippen LogP contribution in [0.2, 0.25) is 0 Å². The maximum Gasteiger partial charge on any atom is 0.253 e. The summed E-state index contributed by atoms with van der Waals surface area (Å²) in [6, 6.07) is 19.2. The minimum Gasteiger partial charge on any atom is -0.337 e. The highest BCUT2D eigenvalue weighted by atomic mass is 16.2. The third-order valence-corrected chi connectivity index (χ3v) is 5.64. The summed E-state index contributed by atoms with van der Waals surface area (Å²) in [7, 11) is 2.00. The topological polar surface area (TPSA) is 43.9 Å². The summed E-state index contributed by atoms with van der Waals surface area (Å²) in [5.41, 5.74) is 1.46. The molecule has 2 saturated heterocycles. The number of anilines is 1. The Morgan fingerprint density at radius 3 is 2.31 bits per heavy atom. The molecule has 0 unspecified atom stereocenters. The minimum absolute atomic E-state index is 0.0686. The van der Waals surface area contributed by atoms with E-state index in [4.69, 9.17) is 0 Å². The number of nitrogens with zero attached hydrogens (tertiary/aromatic N) is 3. The molecular formula is C21H23N3O2. The zero-order valence-electron chi connectivity index (χ0n) is 15.0. The van der Waals surface area contributed by atoms with Crippen molar-refractivity contribution in [3.8, 4) is 0 Å². The molecule has 0 aromatic heterocycles. The van der Waals surface area contributed by atoms with Crippen molar-refractivity contribution in [3.05, 3.63) is 66.2 Å². The third-order valence-electron chi connectivity index (χ3n) is 5.64. The molecule has 0 N–H and O–H groups in total. The lowest BCUT2D eigenvalue weighted by Gasteiger charge is -2.46. The van der Waals surface area contributed by atoms with Crippen LogP contribution in [0.25, 0.3) is 0 Å². The number of amides is 2. The number of hydrogen-bond acceptors (Lipinski definition) is 3. The molecule has 2 aliphatic heterocycles. The van der Waals surface area contributed by atoms with E-state index in [1.807, 2.05) is 77.5 Å². The molecule has 1 spiro atoms. The standard InChI is InChI=1S/C21H23N3O2/c1-22-14-19(25)24(18-10-6-3-7-11-18)16-21(22)12-13-23(15-21)20(26)17-8-4-2-5-9-17/h2-11H,12-16H2,1H3/t21-/m1/s1. The highest BCUT2D eigenvalue weighted by Crippen LogP contribution is 2.33. The fraction of sp³-hybridized carbons (Fsp3) is 0.333. The van der Waals surface area contributed by atoms with Crippen molar-refractivity contribution in [1.82, 2.24) is 9.80 Å². The minimum atomic E-state index is -0.186. The highest BCUT2D eigenvalue weighted by Gasteiger charge is 2.48. The molecule has 0 saturated carbocycles. The van der Waals surface area contributed by atoms with Gasteiger partial charge in [0.1, 0.15) is 0 Å². The zero-order chi connectivity index (χ0) is 18.1. The fourth-order valence-corrected chi connectivity index (χ4v) is 4.04. The second kappa shape index (κ2) is 6.57. The van der Waals surface area contributed by atoms with Crippen LogP contribution in [0.1, 0.15) is 16.8 Å². The van der Waals surface area contributed by atoms with Crippen molar-refractivity contribution in [2.24, 2.45) is 0 Å². The van der Waals surface area contributed by atoms with Gasteiger partial charge in [0.2, 0.25) is 5.91 Å². The van der Waals surface area contributed by atoms with Crippen molar-refractivity contribution in [3.63, 3.8) is 0 Å². The van der Waals surface area contributed by atoms with Gasteiger partial charge in [-0.3, -0.25) is 14.5 Å². The molecule has 0 radical (unpaired) electrons. The number of rotatable bonds is 2. The first-order valence-corrected chi connectivity index (χ1v) is 9.00. The summed E-state index contributed by atoms with van der Waals surface area (Å²) in [6.45, 7) is 2.36. The van der Waals surface area contributed by atoms with Gasteiger partial charge in [0.15, 0.2) is 0 Å². The van der Waals surface area contributed by atoms with Crippen LogP contribution in [0.3, 0.4) is 0 Å². The molecule has 5 heteroatoms. The highest BCUT2D eigenvalue weighted by molar-refractivity contribution is 5.96. The van der Waals surface area contributed by atoms with Gasteiger partial charge in [-0.2, -0.15) is 0 Å². The van der Waals surface area contributed by atoms with E-state index < -0.39 is 0 Å². The lowest BCUT2D eigenvalue weighted by Crippen LogP contribution is -2.64. The summed E-state index contributed by atoms with van der Waals surface area (Å²) in [6.07, 6.45) is 0.874. The molecule has 2 aromatic carbocycles. The average molecular weight is 349 g/mol. The Morgan fingerprint density at radius 2 is 1.62 bits per heavy atom. The van der Waals surface area contributed by atoms with Gasteiger partial charge in [-0.15, -0.1) is 0 Å². The molecule has 2 amide bonds. The number of likely N-dealkylation sites (N-methyl/N-ethyl adjacent to an activating group) is 1. The first-order chi connectivity index (χ1) is 12.6. The van der Waals surface area contributed by atoms with Crippen molar-refractivity contribution >= 4 is 17.5 Å². The van der Waals surface area contributed by atoms with E-state index in [-0.39, 0.29) is 17.4 Å². The van der Waals surface area contributed by atoms with E-state index in [1.165, 1.54) is 0 Å². The summed E-state index contributed by atoms with van der Waals surface area (Å²) in [5, 5.41) is 0. The van der Waals surface area contributed by atoms with Crippen molar-refractivity contribution in [2.45, 2.75) is 12.0 Å². The van der Waals surface area contributed by atoms with Crippen LogP contribution in [0.5, 0.6) is 0 Å². The Morgan fingerprint density at radius 1 is 0.962 bits per heavy atom. The van der Waals surface area contributed by atoms with Crippen LogP contribution in [0, 0.1) is 0 Å². The van der Waals surface area contributed by atoms with Crippen molar-refractivity contribution in [1.29, 1.82) is 0 Å². The van der Waals surface area contributed by atoms with Crippen LogP contribution in [-0.4, -0.2) is 60.4 Å². The zero-order valence-corrected chi connectivity index (χ0v) is 15.0. The van der Waals surface area contributed by atoms with Gasteiger partial charge in [-0.1, -0.05) is 36.4 Å². The van der Waals surface area contributed by atoms with Crippen LogP contribution in [-0.2, 0) is 4.79 Å². The van der Waals surface area contributed by atoms with Crippen LogP contribution < -0.4 is 4.90 Å². The Hall–Kier alpha value is -2.66. The number of carbonyl (C=O) groups excluding carboxylic acids is 2. The molecule has 5 nitrogen and oxygen atoms in total. The van der Waals surface area contributed by atoms with Gasteiger partial charge in [0, 0.05) is 30.9 Å². The largest absolute Gasteiger partial charge is 0.337 e. The molecule has 2 aliphatic rings. The van der Waals surface area contributed by atoms with E-state index in [2.05, 4.69) is 4.90 Å². The second-order valence-electron chi connectivity index (χ2n) is 7.24. The normalized spacial score (nSPS) is 23.7. The Bertz CT molecular complexity index is 809. The first-order valence-electron chi connectivity index (χ1n) is 9.00. The second-order valence-corrected chi connectivity index (χ2v) is 7.24. The smallest absolute Gasteiger partial charge is 0.253 e. The Labute approximate surface area is 153 Å². The Balaban J connectivity index is 1.56. The van der Waals surface area contributed by atoms with Crippen LogP contribution in [0.4, 0.5) is 5.69 Å². The molecular weight excluding hydrogens is 326 g/mol. The molecule has 1 atom stereocenters. The van der Waals surface area contributed by atoms with Gasteiger partial charge in [0.05, 0.1) is 12.1 Å². The van der Waals surface area contributed by atoms with Gasteiger partial charge >= 0.3 is 0 Å². The van der Waals surface area contributed by atoms with Crippen LogP contribution >= 0.6 is 0 Å². The summed E-state index contributed by atoms with van der Waals surface area (Å²) in [4.78, 5) is 31.3. The molecule has 2 heterocycles. The van der Waals surface area contributed by atoms with E-state index >= 15 is 0 Å². The van der Waals surface area contributed by atoms with Crippen molar-refractivity contribution < 1.29 is 9.59 Å². The van der Waals surface area contributed by atoms with Crippen molar-refractivity contribution in [2.75, 3.05) is 38.1 Å². The monoisotopic (exact) mass is 349 g/mol. The molecule has 26 heavy (non-hydrogen) atoms. The number of hydrogen-bond donors (Lipinski definition) is 0. The molecule has 134 valence electrons. The lowest BCUT2D eigenvalue weighted by molar-refractivity contribution is -0.123. The quantitative estimate of drug-likeness (QED) is 0.835. The van der Waals surface area contributed by atoms with Crippen LogP contribution in [0.15, 0.2) is 60.7 Å². The summed E-state index contributed by atoms with van der Waals surface area (Å²) < 4.78 is 0. The molecule has 4 rings (SSSR count). The number of likely N-dealkylation sites (tertiary alicyclic amines) is 1. The summed E-state index contributed by atoms with van der Waals surface area (Å²) in [5.74, 6) is 0.177. The van der Waals surface area contributed by atoms with E-state index in [0.717, 1.165) is 24.2 Å². The molecule has 2 fully saturated rings. The number of piperazine rings is 1. The molecule has 2 aromatic rings. The van der Waals surface area contributed by atoms with E-state index in [0.29, 0.717) is 19.6 Å². The Kier molecular flexibility index (Phi) is 4.24. The van der Waals surface area contributed by atoms with E-state index in [9.17, 15) is 9.59 Å². The summed E-state index contributed by atoms with van der Waals surface area (Å²) >= 11 is 0. The average Bonchev–Trinajstić information content (AvgIpc) is 3.11. The SMILES string of the molecule is CN1CC(=O)N(c2ccccc2)C[C@]12CCN(C(=O)c1ccccc1)C2. The third kappa shape index (κ3) is 2.88. The first kappa shape index (κ1) is 16.8. The van der Waals surface area contributed by atoms with Gasteiger partial charge in [0.25, 0.3) is 5.91 Å². The predicted molar refractivity (Wildman–Crippen MR) is 101 cm³/mol. The number of benzene rings is 2. The number of para-hydroxylation sites is 1. The molecule has 0 aliphatic carbocycles.